The van der Waals surface area contributed by atoms with E-state index in [4.69, 9.17) is 11.6 Å². The molecule has 1 N–H and O–H groups in total. The van der Waals surface area contributed by atoms with E-state index in [9.17, 15) is 18.1 Å². The van der Waals surface area contributed by atoms with Gasteiger partial charge in [0.05, 0.1) is 4.90 Å². The molecule has 8 heteroatoms. The highest BCUT2D eigenvalue weighted by Crippen LogP contribution is 2.37. The molecule has 128 valence electrons. The molecule has 0 aliphatic heterocycles. The SMILES string of the molecule is Cc1cc(S(=O)(=O)[O-])c(N=Nc2c(O)ccc3ccccc23)cc1Cl. The van der Waals surface area contributed by atoms with Crippen LogP contribution in [0.4, 0.5) is 11.4 Å². The van der Waals surface area contributed by atoms with Crippen molar-refractivity contribution >= 4 is 43.9 Å². The molecule has 25 heavy (non-hydrogen) atoms. The van der Waals surface area contributed by atoms with E-state index >= 15 is 0 Å². The topological polar surface area (TPSA) is 102 Å². The average molecular weight is 376 g/mol. The molecule has 0 heterocycles. The summed E-state index contributed by atoms with van der Waals surface area (Å²) >= 11 is 6.00. The van der Waals surface area contributed by atoms with Gasteiger partial charge >= 0.3 is 0 Å². The fraction of sp³-hybridized carbons (Fsp3) is 0.0588. The Morgan fingerprint density at radius 1 is 1.08 bits per heavy atom. The summed E-state index contributed by atoms with van der Waals surface area (Å²) in [6.45, 7) is 1.58. The first-order valence-corrected chi connectivity index (χ1v) is 8.94. The fourth-order valence-electron chi connectivity index (χ4n) is 2.38. The first kappa shape index (κ1) is 17.3. The van der Waals surface area contributed by atoms with Crippen LogP contribution in [0.15, 0.2) is 63.7 Å². The van der Waals surface area contributed by atoms with Crippen molar-refractivity contribution in [2.24, 2.45) is 10.2 Å². The van der Waals surface area contributed by atoms with Gasteiger partial charge < -0.3 is 9.66 Å². The fourth-order valence-corrected chi connectivity index (χ4v) is 3.21. The molecule has 0 fully saturated rings. The molecule has 0 atom stereocenters. The van der Waals surface area contributed by atoms with Crippen LogP contribution in [0.25, 0.3) is 10.8 Å². The van der Waals surface area contributed by atoms with E-state index in [2.05, 4.69) is 10.2 Å². The molecule has 0 amide bonds. The van der Waals surface area contributed by atoms with Gasteiger partial charge in [-0.2, -0.15) is 0 Å². The summed E-state index contributed by atoms with van der Waals surface area (Å²) in [5.74, 6) is -0.118. The number of phenols is 1. The second-order valence-electron chi connectivity index (χ2n) is 5.38. The molecule has 0 radical (unpaired) electrons. The number of aryl methyl sites for hydroxylation is 1. The van der Waals surface area contributed by atoms with Crippen molar-refractivity contribution in [3.8, 4) is 5.75 Å². The van der Waals surface area contributed by atoms with Gasteiger partial charge in [0.15, 0.2) is 0 Å². The lowest BCUT2D eigenvalue weighted by atomic mass is 10.1. The molecule has 0 aromatic heterocycles. The number of nitrogens with zero attached hydrogens (tertiary/aromatic N) is 2. The van der Waals surface area contributed by atoms with Crippen LogP contribution in [0.3, 0.4) is 0 Å². The zero-order valence-corrected chi connectivity index (χ0v) is 14.5. The van der Waals surface area contributed by atoms with Crippen LogP contribution in [-0.2, 0) is 10.1 Å². The zero-order chi connectivity index (χ0) is 18.2. The molecule has 0 aliphatic carbocycles. The van der Waals surface area contributed by atoms with Gasteiger partial charge in [-0.25, -0.2) is 8.42 Å². The summed E-state index contributed by atoms with van der Waals surface area (Å²) in [6, 6.07) is 12.8. The second-order valence-corrected chi connectivity index (χ2v) is 7.13. The number of rotatable bonds is 3. The van der Waals surface area contributed by atoms with Crippen molar-refractivity contribution in [2.75, 3.05) is 0 Å². The van der Waals surface area contributed by atoms with E-state index in [1.165, 1.54) is 12.1 Å². The second kappa shape index (κ2) is 6.44. The average Bonchev–Trinajstić information content (AvgIpc) is 2.55. The summed E-state index contributed by atoms with van der Waals surface area (Å²) in [7, 11) is -4.75. The van der Waals surface area contributed by atoms with Gasteiger partial charge in [-0.15, -0.1) is 10.2 Å². The normalized spacial score (nSPS) is 12.1. The number of aromatic hydroxyl groups is 1. The number of benzene rings is 3. The lowest BCUT2D eigenvalue weighted by Crippen LogP contribution is -1.99. The molecule has 0 bridgehead atoms. The monoisotopic (exact) mass is 375 g/mol. The summed E-state index contributed by atoms with van der Waals surface area (Å²) in [6.07, 6.45) is 0. The summed E-state index contributed by atoms with van der Waals surface area (Å²) in [4.78, 5) is -0.516. The highest BCUT2D eigenvalue weighted by atomic mass is 35.5. The minimum atomic E-state index is -4.75. The van der Waals surface area contributed by atoms with Gasteiger partial charge in [-0.3, -0.25) is 0 Å². The van der Waals surface area contributed by atoms with E-state index in [1.54, 1.807) is 25.1 Å². The highest BCUT2D eigenvalue weighted by molar-refractivity contribution is 7.86. The number of hydrogen-bond acceptors (Lipinski definition) is 6. The highest BCUT2D eigenvalue weighted by Gasteiger charge is 2.13. The van der Waals surface area contributed by atoms with Crippen molar-refractivity contribution in [1.82, 2.24) is 0 Å². The molecular formula is C17H12ClN2O4S-. The van der Waals surface area contributed by atoms with E-state index in [-0.39, 0.29) is 22.1 Å². The summed E-state index contributed by atoms with van der Waals surface area (Å²) < 4.78 is 34.4. The molecule has 0 saturated carbocycles. The Morgan fingerprint density at radius 2 is 1.80 bits per heavy atom. The van der Waals surface area contributed by atoms with E-state index in [0.717, 1.165) is 11.5 Å². The standard InChI is InChI=1S/C17H13ClN2O4S/c1-10-8-16(25(22,23)24)14(9-13(10)18)19-20-17-12-5-3-2-4-11(12)6-7-15(17)21/h2-9,21H,1H3,(H,22,23,24)/p-1. The Balaban J connectivity index is 2.19. The Kier molecular flexibility index (Phi) is 4.47. The van der Waals surface area contributed by atoms with Crippen molar-refractivity contribution in [3.05, 3.63) is 59.1 Å². The van der Waals surface area contributed by atoms with Gasteiger partial charge in [0.2, 0.25) is 0 Å². The van der Waals surface area contributed by atoms with Gasteiger partial charge in [-0.05, 0) is 36.1 Å². The molecule has 6 nitrogen and oxygen atoms in total. The van der Waals surface area contributed by atoms with E-state index < -0.39 is 15.0 Å². The predicted molar refractivity (Wildman–Crippen MR) is 93.9 cm³/mol. The first-order valence-electron chi connectivity index (χ1n) is 7.16. The van der Waals surface area contributed by atoms with Crippen LogP contribution in [-0.4, -0.2) is 18.1 Å². The number of azo groups is 1. The first-order chi connectivity index (χ1) is 11.8. The Bertz CT molecular complexity index is 1110. The van der Waals surface area contributed by atoms with E-state index in [1.807, 2.05) is 12.1 Å². The summed E-state index contributed by atoms with van der Waals surface area (Å²) in [5.41, 5.74) is 0.421. The van der Waals surface area contributed by atoms with Crippen molar-refractivity contribution in [1.29, 1.82) is 0 Å². The van der Waals surface area contributed by atoms with Crippen molar-refractivity contribution < 1.29 is 18.1 Å². The Morgan fingerprint density at radius 3 is 2.52 bits per heavy atom. The third-order valence-corrected chi connectivity index (χ3v) is 4.92. The third-order valence-electron chi connectivity index (χ3n) is 3.65. The minimum Gasteiger partial charge on any atom is -0.744 e. The zero-order valence-electron chi connectivity index (χ0n) is 13.0. The van der Waals surface area contributed by atoms with Gasteiger partial charge in [0, 0.05) is 10.4 Å². The Labute approximate surface area is 149 Å². The van der Waals surface area contributed by atoms with Crippen molar-refractivity contribution in [3.63, 3.8) is 0 Å². The number of hydrogen-bond donors (Lipinski definition) is 1. The molecule has 0 saturated heterocycles. The van der Waals surface area contributed by atoms with Crippen LogP contribution in [0.2, 0.25) is 5.02 Å². The van der Waals surface area contributed by atoms with E-state index in [0.29, 0.717) is 10.9 Å². The largest absolute Gasteiger partial charge is 0.744 e. The lowest BCUT2D eigenvalue weighted by molar-refractivity contribution is 0.463. The van der Waals surface area contributed by atoms with Crippen LogP contribution in [0, 0.1) is 6.92 Å². The van der Waals surface area contributed by atoms with Crippen molar-refractivity contribution in [2.45, 2.75) is 11.8 Å². The predicted octanol–water partition coefficient (Wildman–Crippen LogP) is 4.83. The molecule has 3 aromatic carbocycles. The molecule has 0 unspecified atom stereocenters. The van der Waals surface area contributed by atoms with Gasteiger partial charge in [-0.1, -0.05) is 41.9 Å². The number of phenolic OH excluding ortho intramolecular Hbond substituents is 1. The van der Waals surface area contributed by atoms with Crippen LogP contribution < -0.4 is 0 Å². The third kappa shape index (κ3) is 3.48. The maximum Gasteiger partial charge on any atom is 0.143 e. The minimum absolute atomic E-state index is 0.118. The van der Waals surface area contributed by atoms with Crippen LogP contribution >= 0.6 is 11.6 Å². The number of halogens is 1. The molecule has 0 spiro atoms. The molecule has 3 aromatic rings. The maximum absolute atomic E-state index is 11.5. The van der Waals surface area contributed by atoms with Gasteiger partial charge in [0.1, 0.15) is 27.2 Å². The number of fused-ring (bicyclic) bond motifs is 1. The van der Waals surface area contributed by atoms with Gasteiger partial charge in [0.25, 0.3) is 0 Å². The molecule has 0 aliphatic rings. The van der Waals surface area contributed by atoms with Crippen LogP contribution in [0.5, 0.6) is 5.75 Å². The molecule has 3 rings (SSSR count). The maximum atomic E-state index is 11.5. The smallest absolute Gasteiger partial charge is 0.143 e. The Hall–Kier alpha value is -2.48. The lowest BCUT2D eigenvalue weighted by Gasteiger charge is -2.11. The molecular weight excluding hydrogens is 364 g/mol. The summed E-state index contributed by atoms with van der Waals surface area (Å²) in [5, 5.41) is 19.6. The quantitative estimate of drug-likeness (QED) is 0.523. The van der Waals surface area contributed by atoms with Crippen LogP contribution in [0.1, 0.15) is 5.56 Å².